The minimum Gasteiger partial charge on any atom is -0.360 e. The van der Waals surface area contributed by atoms with E-state index in [-0.39, 0.29) is 12.3 Å². The fourth-order valence-corrected chi connectivity index (χ4v) is 3.26. The predicted molar refractivity (Wildman–Crippen MR) is 90.8 cm³/mol. The first-order chi connectivity index (χ1) is 11.8. The number of nitriles is 1. The molecular weight excluding hydrogens is 302 g/mol. The molecule has 0 spiro atoms. The van der Waals surface area contributed by atoms with Gasteiger partial charge in [0.2, 0.25) is 5.91 Å². The molecule has 4 rings (SSSR count). The van der Waals surface area contributed by atoms with Crippen LogP contribution in [-0.2, 0) is 4.79 Å². The lowest BCUT2D eigenvalue weighted by atomic mass is 9.97. The molecule has 0 aliphatic carbocycles. The third-order valence-corrected chi connectivity index (χ3v) is 4.37. The number of aromatic nitrogens is 3. The zero-order valence-electron chi connectivity index (χ0n) is 13.0. The predicted octanol–water partition coefficient (Wildman–Crippen LogP) is 2.64. The summed E-state index contributed by atoms with van der Waals surface area (Å²) in [5.74, 6) is -0.114. The molecule has 0 fully saturated rings. The van der Waals surface area contributed by atoms with Gasteiger partial charge in [-0.2, -0.15) is 5.26 Å². The third-order valence-electron chi connectivity index (χ3n) is 4.37. The number of amides is 1. The maximum Gasteiger partial charge on any atom is 0.237 e. The van der Waals surface area contributed by atoms with Gasteiger partial charge in [0.05, 0.1) is 17.8 Å². The Hall–Kier alpha value is -3.20. The summed E-state index contributed by atoms with van der Waals surface area (Å²) >= 11 is 0. The number of fused-ring (bicyclic) bond motifs is 3. The van der Waals surface area contributed by atoms with Gasteiger partial charge >= 0.3 is 0 Å². The van der Waals surface area contributed by atoms with Crippen molar-refractivity contribution in [2.24, 2.45) is 0 Å². The van der Waals surface area contributed by atoms with E-state index in [9.17, 15) is 4.79 Å². The third kappa shape index (κ3) is 2.31. The number of carbonyl (C=O) groups is 1. The number of rotatable bonds is 2. The summed E-state index contributed by atoms with van der Waals surface area (Å²) in [6.07, 6.45) is 8.33. The van der Waals surface area contributed by atoms with Gasteiger partial charge in [0.1, 0.15) is 6.42 Å². The summed E-state index contributed by atoms with van der Waals surface area (Å²) in [7, 11) is 0. The number of hydrogen-bond acceptors (Lipinski definition) is 4. The Labute approximate surface area is 138 Å². The molecule has 0 aromatic carbocycles. The zero-order valence-corrected chi connectivity index (χ0v) is 13.0. The van der Waals surface area contributed by atoms with E-state index in [0.717, 1.165) is 39.5 Å². The second-order valence-electron chi connectivity index (χ2n) is 5.79. The number of H-pyrrole nitrogens is 1. The number of nitrogens with zero attached hydrogens (tertiary/aromatic N) is 4. The maximum atomic E-state index is 12.1. The van der Waals surface area contributed by atoms with E-state index in [0.29, 0.717) is 13.1 Å². The van der Waals surface area contributed by atoms with Crippen LogP contribution in [0.15, 0.2) is 36.8 Å². The SMILES string of the molecule is N#CCC(=O)N1CCC=C(c2cc[nH]c3cnc4nccc4c23)C1. The number of hydrogen-bond donors (Lipinski definition) is 1. The molecule has 1 N–H and O–H groups in total. The van der Waals surface area contributed by atoms with Crippen LogP contribution in [0.2, 0.25) is 0 Å². The summed E-state index contributed by atoms with van der Waals surface area (Å²) in [4.78, 5) is 25.7. The van der Waals surface area contributed by atoms with Crippen molar-refractivity contribution < 1.29 is 4.79 Å². The summed E-state index contributed by atoms with van der Waals surface area (Å²) in [5.41, 5.74) is 3.84. The monoisotopic (exact) mass is 317 g/mol. The summed E-state index contributed by atoms with van der Waals surface area (Å²) in [6.45, 7) is 1.19. The lowest BCUT2D eigenvalue weighted by Crippen LogP contribution is -2.35. The average Bonchev–Trinajstić information content (AvgIpc) is 3.10. The lowest BCUT2D eigenvalue weighted by molar-refractivity contribution is -0.129. The molecule has 4 heterocycles. The Morgan fingerprint density at radius 3 is 3.17 bits per heavy atom. The van der Waals surface area contributed by atoms with Crippen LogP contribution in [0.3, 0.4) is 0 Å². The topological polar surface area (TPSA) is 85.7 Å². The molecule has 0 saturated carbocycles. The molecule has 1 aliphatic rings. The van der Waals surface area contributed by atoms with Crippen molar-refractivity contribution in [2.75, 3.05) is 13.1 Å². The Kier molecular flexibility index (Phi) is 3.47. The van der Waals surface area contributed by atoms with E-state index in [1.807, 2.05) is 24.4 Å². The summed E-state index contributed by atoms with van der Waals surface area (Å²) < 4.78 is 0. The molecule has 0 atom stereocenters. The fraction of sp³-hybridized carbons (Fsp3) is 0.222. The van der Waals surface area contributed by atoms with Crippen molar-refractivity contribution in [2.45, 2.75) is 12.8 Å². The van der Waals surface area contributed by atoms with E-state index in [2.05, 4.69) is 21.0 Å². The van der Waals surface area contributed by atoms with E-state index in [1.165, 1.54) is 0 Å². The second kappa shape index (κ2) is 5.78. The molecule has 0 radical (unpaired) electrons. The standard InChI is InChI=1S/C18H15N5O/c19-6-3-16(24)23-9-1-2-12(11-23)13-4-7-20-15-10-22-18-14(17(13)15)5-8-21-18/h2,4-5,7-8,10,20H,1,3,9,11H2. The van der Waals surface area contributed by atoms with Crippen molar-refractivity contribution in [3.63, 3.8) is 0 Å². The highest BCUT2D eigenvalue weighted by Gasteiger charge is 2.20. The first kappa shape index (κ1) is 14.4. The molecule has 118 valence electrons. The molecular formula is C18H15N5O. The van der Waals surface area contributed by atoms with Gasteiger partial charge < -0.3 is 9.88 Å². The zero-order chi connectivity index (χ0) is 16.5. The largest absolute Gasteiger partial charge is 0.360 e. The Morgan fingerprint density at radius 1 is 1.38 bits per heavy atom. The first-order valence-corrected chi connectivity index (χ1v) is 7.83. The van der Waals surface area contributed by atoms with E-state index >= 15 is 0 Å². The highest BCUT2D eigenvalue weighted by Crippen LogP contribution is 2.31. The van der Waals surface area contributed by atoms with Gasteiger partial charge in [0.25, 0.3) is 0 Å². The minimum atomic E-state index is -0.114. The maximum absolute atomic E-state index is 12.1. The smallest absolute Gasteiger partial charge is 0.237 e. The number of aromatic amines is 1. The van der Waals surface area contributed by atoms with Crippen molar-refractivity contribution in [1.29, 1.82) is 5.26 Å². The van der Waals surface area contributed by atoms with Gasteiger partial charge in [-0.05, 0) is 29.7 Å². The van der Waals surface area contributed by atoms with Crippen LogP contribution in [0.4, 0.5) is 0 Å². The molecule has 24 heavy (non-hydrogen) atoms. The van der Waals surface area contributed by atoms with Crippen LogP contribution >= 0.6 is 0 Å². The van der Waals surface area contributed by atoms with Crippen molar-refractivity contribution >= 4 is 33.4 Å². The highest BCUT2D eigenvalue weighted by molar-refractivity contribution is 6.08. The van der Waals surface area contributed by atoms with Crippen LogP contribution in [0.25, 0.3) is 27.5 Å². The lowest BCUT2D eigenvalue weighted by Gasteiger charge is -2.27. The van der Waals surface area contributed by atoms with Gasteiger partial charge in [-0.25, -0.2) is 9.97 Å². The summed E-state index contributed by atoms with van der Waals surface area (Å²) in [5, 5.41) is 10.8. The fourth-order valence-electron chi connectivity index (χ4n) is 3.26. The normalized spacial score (nSPS) is 14.6. The van der Waals surface area contributed by atoms with E-state index < -0.39 is 0 Å². The van der Waals surface area contributed by atoms with Gasteiger partial charge in [-0.15, -0.1) is 0 Å². The molecule has 0 unspecified atom stereocenters. The molecule has 3 aromatic rings. The molecule has 6 nitrogen and oxygen atoms in total. The van der Waals surface area contributed by atoms with Gasteiger partial charge in [-0.1, -0.05) is 6.08 Å². The minimum absolute atomic E-state index is 0.0719. The Balaban J connectivity index is 1.82. The summed E-state index contributed by atoms with van der Waals surface area (Å²) in [6, 6.07) is 5.93. The van der Waals surface area contributed by atoms with Crippen LogP contribution in [0.5, 0.6) is 0 Å². The van der Waals surface area contributed by atoms with E-state index in [1.54, 1.807) is 17.3 Å². The number of pyridine rings is 2. The van der Waals surface area contributed by atoms with Gasteiger partial charge in [0.15, 0.2) is 5.65 Å². The van der Waals surface area contributed by atoms with Crippen molar-refractivity contribution in [3.8, 4) is 6.07 Å². The van der Waals surface area contributed by atoms with Crippen LogP contribution in [-0.4, -0.2) is 38.8 Å². The average molecular weight is 317 g/mol. The second-order valence-corrected chi connectivity index (χ2v) is 5.79. The Bertz CT molecular complexity index is 1010. The van der Waals surface area contributed by atoms with Crippen LogP contribution in [0, 0.1) is 11.3 Å². The van der Waals surface area contributed by atoms with Gasteiger partial charge in [0, 0.05) is 36.3 Å². The van der Waals surface area contributed by atoms with Crippen molar-refractivity contribution in [1.82, 2.24) is 19.9 Å². The number of nitrogens with one attached hydrogen (secondary N) is 1. The first-order valence-electron chi connectivity index (χ1n) is 7.83. The highest BCUT2D eigenvalue weighted by atomic mass is 16.2. The van der Waals surface area contributed by atoms with Crippen molar-refractivity contribution in [3.05, 3.63) is 42.4 Å². The van der Waals surface area contributed by atoms with Crippen LogP contribution < -0.4 is 0 Å². The van der Waals surface area contributed by atoms with E-state index in [4.69, 9.17) is 5.26 Å². The molecule has 6 heteroatoms. The molecule has 3 aromatic heterocycles. The number of carbonyl (C=O) groups excluding carboxylic acids is 1. The quantitative estimate of drug-likeness (QED) is 0.787. The molecule has 1 aliphatic heterocycles. The van der Waals surface area contributed by atoms with Gasteiger partial charge in [-0.3, -0.25) is 4.79 Å². The molecule has 0 saturated heterocycles. The molecule has 0 bridgehead atoms. The molecule has 1 amide bonds. The Morgan fingerprint density at radius 2 is 2.29 bits per heavy atom. The van der Waals surface area contributed by atoms with Crippen LogP contribution in [0.1, 0.15) is 18.4 Å².